The van der Waals surface area contributed by atoms with Gasteiger partial charge in [0.25, 0.3) is 0 Å². The number of fused-ring (bicyclic) bond motifs is 1. The molecule has 0 N–H and O–H groups in total. The first-order valence-electron chi connectivity index (χ1n) is 38.0. The number of thiophene rings is 2. The van der Waals surface area contributed by atoms with Crippen LogP contribution < -0.4 is 14.2 Å². The number of ether oxygens (including phenoxy) is 4. The molecule has 1 aliphatic heterocycles. The smallest absolute Gasteiger partial charge is 0.126 e. The highest BCUT2D eigenvalue weighted by Gasteiger charge is 2.18. The average molecular weight is 1510 g/mol. The minimum atomic E-state index is -0.188. The third-order valence-electron chi connectivity index (χ3n) is 19.4. The second kappa shape index (κ2) is 40.7. The monoisotopic (exact) mass is 1510 g/mol. The van der Waals surface area contributed by atoms with Crippen molar-refractivity contribution >= 4 is 56.0 Å². The Balaban J connectivity index is 0.000000155. The summed E-state index contributed by atoms with van der Waals surface area (Å²) in [5.74, 6) is 5.06. The Morgan fingerprint density at radius 3 is 1.40 bits per heavy atom. The highest BCUT2D eigenvalue weighted by atomic mass is 35.5. The van der Waals surface area contributed by atoms with Crippen LogP contribution in [0.3, 0.4) is 0 Å². The van der Waals surface area contributed by atoms with Gasteiger partial charge in [0.1, 0.15) is 35.0 Å². The summed E-state index contributed by atoms with van der Waals surface area (Å²) >= 11 is 16.2. The molecule has 13 rings (SSSR count). The van der Waals surface area contributed by atoms with Crippen LogP contribution in [0.5, 0.6) is 17.2 Å². The summed E-state index contributed by atoms with van der Waals surface area (Å²) in [5.41, 5.74) is 21.7. The normalized spacial score (nSPS) is 12.5. The van der Waals surface area contributed by atoms with E-state index < -0.39 is 0 Å². The van der Waals surface area contributed by atoms with E-state index in [0.717, 1.165) is 77.1 Å². The van der Waals surface area contributed by atoms with Gasteiger partial charge in [0, 0.05) is 48.6 Å². The lowest BCUT2D eigenvalue weighted by atomic mass is 9.90. The molecule has 0 radical (unpaired) electrons. The second-order valence-electron chi connectivity index (χ2n) is 29.5. The SMILES string of the molecule is CC(C)c1ccc(Cl)c(Cc2ccc(O[C@H]3CCOC3)cc2)c1.CC(C)c1ccc(F)c(Cc2cc3ccccc3s2)c1.CCOc1ccc(Cc2cc(C(C)C)c(C)cc2C)cc1.CCOc1ccc(Cc2cc(C(C)C)ccc2Cl)cc1.Cc1ccc(C(C)C)cc1Cc1ccc(-c2ccc(F)cc2)s1. The maximum absolute atomic E-state index is 14.0. The summed E-state index contributed by atoms with van der Waals surface area (Å²) in [6.07, 6.45) is 5.47. The first-order valence-corrected chi connectivity index (χ1v) is 40.4. The lowest BCUT2D eigenvalue weighted by Gasteiger charge is -2.15. The molecule has 4 nitrogen and oxygen atoms in total. The van der Waals surface area contributed by atoms with Gasteiger partial charge in [-0.1, -0.05) is 226 Å². The van der Waals surface area contributed by atoms with Gasteiger partial charge in [0.2, 0.25) is 0 Å². The van der Waals surface area contributed by atoms with Crippen LogP contribution in [-0.2, 0) is 36.8 Å². The first-order chi connectivity index (χ1) is 51.4. The quantitative estimate of drug-likeness (QED) is 0.0678. The zero-order valence-corrected chi connectivity index (χ0v) is 68.5. The van der Waals surface area contributed by atoms with Gasteiger partial charge in [0.15, 0.2) is 0 Å². The van der Waals surface area contributed by atoms with Crippen molar-refractivity contribution in [1.29, 1.82) is 0 Å². The van der Waals surface area contributed by atoms with Gasteiger partial charge >= 0.3 is 0 Å². The lowest BCUT2D eigenvalue weighted by molar-refractivity contribution is 0.141. The molecule has 0 spiro atoms. The van der Waals surface area contributed by atoms with Crippen LogP contribution in [0.4, 0.5) is 8.78 Å². The Hall–Kier alpha value is -8.34. The Morgan fingerprint density at radius 2 is 0.897 bits per heavy atom. The third kappa shape index (κ3) is 25.1. The molecule has 0 bridgehead atoms. The molecule has 3 heterocycles. The third-order valence-corrected chi connectivity index (χ3v) is 22.3. The van der Waals surface area contributed by atoms with Gasteiger partial charge in [-0.05, 0) is 274 Å². The van der Waals surface area contributed by atoms with Crippen LogP contribution in [-0.4, -0.2) is 32.5 Å². The van der Waals surface area contributed by atoms with Crippen molar-refractivity contribution in [2.75, 3.05) is 26.4 Å². The molecule has 1 atom stereocenters. The summed E-state index contributed by atoms with van der Waals surface area (Å²) < 4.78 is 50.5. The molecule has 0 saturated carbocycles. The molecule has 10 heteroatoms. The molecule has 12 aromatic rings. The maximum atomic E-state index is 14.0. The number of rotatable bonds is 22. The largest absolute Gasteiger partial charge is 0.494 e. The summed E-state index contributed by atoms with van der Waals surface area (Å²) in [6.45, 7) is 35.6. The van der Waals surface area contributed by atoms with E-state index >= 15 is 0 Å². The molecule has 560 valence electrons. The van der Waals surface area contributed by atoms with Crippen molar-refractivity contribution in [2.45, 2.75) is 178 Å². The lowest BCUT2D eigenvalue weighted by Crippen LogP contribution is -2.15. The van der Waals surface area contributed by atoms with E-state index in [9.17, 15) is 8.78 Å². The van der Waals surface area contributed by atoms with Crippen molar-refractivity contribution in [2.24, 2.45) is 0 Å². The summed E-state index contributed by atoms with van der Waals surface area (Å²) in [7, 11) is 0. The van der Waals surface area contributed by atoms with E-state index in [1.807, 2.05) is 86.6 Å². The number of benzene rings is 10. The molecule has 2 aromatic heterocycles. The van der Waals surface area contributed by atoms with Gasteiger partial charge in [-0.2, -0.15) is 0 Å². The molecule has 107 heavy (non-hydrogen) atoms. The van der Waals surface area contributed by atoms with Crippen molar-refractivity contribution in [3.05, 3.63) is 345 Å². The predicted molar refractivity (Wildman–Crippen MR) is 454 cm³/mol. The van der Waals surface area contributed by atoms with E-state index in [1.165, 1.54) is 120 Å². The fraction of sp³-hybridized carbons (Fsp3) is 0.320. The van der Waals surface area contributed by atoms with E-state index in [2.05, 4.69) is 223 Å². The highest BCUT2D eigenvalue weighted by molar-refractivity contribution is 7.19. The fourth-order valence-electron chi connectivity index (χ4n) is 12.9. The van der Waals surface area contributed by atoms with Gasteiger partial charge in [-0.15, -0.1) is 22.7 Å². The first kappa shape index (κ1) is 82.7. The summed E-state index contributed by atoms with van der Waals surface area (Å²) in [5, 5.41) is 2.91. The van der Waals surface area contributed by atoms with Crippen molar-refractivity contribution in [1.82, 2.24) is 0 Å². The van der Waals surface area contributed by atoms with Gasteiger partial charge in [0.05, 0.1) is 26.4 Å². The minimum Gasteiger partial charge on any atom is -0.494 e. The van der Waals surface area contributed by atoms with E-state index in [-0.39, 0.29) is 17.7 Å². The van der Waals surface area contributed by atoms with Crippen molar-refractivity contribution in [3.63, 3.8) is 0 Å². The predicted octanol–water partition coefficient (Wildman–Crippen LogP) is 28.4. The molecular formula is C97H108Cl2F2O4S2. The minimum absolute atomic E-state index is 0.105. The fourth-order valence-corrected chi connectivity index (χ4v) is 15.4. The molecule has 0 amide bonds. The molecule has 0 unspecified atom stereocenters. The van der Waals surface area contributed by atoms with Crippen LogP contribution in [0.15, 0.2) is 224 Å². The van der Waals surface area contributed by atoms with Crippen LogP contribution in [0.25, 0.3) is 20.5 Å². The molecule has 1 saturated heterocycles. The summed E-state index contributed by atoms with van der Waals surface area (Å²) in [6, 6.07) is 76.1. The highest BCUT2D eigenvalue weighted by Crippen LogP contribution is 2.34. The van der Waals surface area contributed by atoms with Gasteiger partial charge < -0.3 is 18.9 Å². The van der Waals surface area contributed by atoms with E-state index in [1.54, 1.807) is 28.7 Å². The van der Waals surface area contributed by atoms with Crippen LogP contribution in [0.1, 0.15) is 218 Å². The Morgan fingerprint density at radius 1 is 0.421 bits per heavy atom. The molecule has 1 fully saturated rings. The van der Waals surface area contributed by atoms with Crippen LogP contribution in [0, 0.1) is 32.4 Å². The number of aryl methyl sites for hydroxylation is 3. The zero-order valence-electron chi connectivity index (χ0n) is 65.4. The van der Waals surface area contributed by atoms with Crippen LogP contribution >= 0.6 is 45.9 Å². The van der Waals surface area contributed by atoms with E-state index in [0.29, 0.717) is 55.8 Å². The number of hydrogen-bond acceptors (Lipinski definition) is 6. The standard InChI is InChI=1S/C21H21FS.C20H23ClO2.C20H26O.C18H21ClO.C18H17FS/c1-14(2)17-5-4-15(3)18(12-17)13-20-10-11-21(23-20)16-6-8-19(22)9-7-16;1-14(2)16-5-8-20(21)17(12-16)11-15-3-6-18(7-4-15)23-19-9-10-22-13-19;1-6-21-19-9-7-17(8-10-19)12-18-13-20(14(2)3)16(5)11-15(18)4;1-4-20-17-8-5-14(6-9-17)11-16-12-15(13(2)3)7-10-18(16)19;1-12(2)13-7-8-17(19)15(9-13)11-16-10-14-5-3-4-6-18(14)20-16/h4-12,14H,13H2,1-3H3;3-8,12,14,19H,9-11,13H2,1-2H3;7-11,13-14H,6,12H2,1-5H3;5-10,12-13H,4,11H2,1-3H3;3-10,12H,11H2,1-2H3/t;19-;;;/m.0.../s1. The van der Waals surface area contributed by atoms with E-state index in [4.69, 9.17) is 42.1 Å². The van der Waals surface area contributed by atoms with Crippen molar-refractivity contribution in [3.8, 4) is 27.7 Å². The molecule has 10 aromatic carbocycles. The van der Waals surface area contributed by atoms with Gasteiger partial charge in [-0.3, -0.25) is 0 Å². The van der Waals surface area contributed by atoms with Gasteiger partial charge in [-0.25, -0.2) is 8.78 Å². The summed E-state index contributed by atoms with van der Waals surface area (Å²) in [4.78, 5) is 3.75. The average Bonchev–Trinajstić information content (AvgIpc) is 1.82. The number of hydrogen-bond donors (Lipinski definition) is 0. The Bertz CT molecular complexity index is 4700. The number of halogens is 4. The molecule has 1 aliphatic rings. The Labute approximate surface area is 656 Å². The second-order valence-corrected chi connectivity index (χ2v) is 32.6. The molecular weight excluding hydrogens is 1400 g/mol. The van der Waals surface area contributed by atoms with Crippen molar-refractivity contribution < 1.29 is 27.7 Å². The molecule has 0 aliphatic carbocycles. The zero-order chi connectivity index (χ0) is 76.7. The maximum Gasteiger partial charge on any atom is 0.126 e. The topological polar surface area (TPSA) is 36.9 Å². The Kier molecular flexibility index (Phi) is 31.5. The van der Waals surface area contributed by atoms with Crippen LogP contribution in [0.2, 0.25) is 10.0 Å².